The van der Waals surface area contributed by atoms with Crippen molar-refractivity contribution in [2.75, 3.05) is 18.9 Å². The van der Waals surface area contributed by atoms with E-state index in [4.69, 9.17) is 5.26 Å². The molecule has 112 valence electrons. The van der Waals surface area contributed by atoms with E-state index in [1.165, 1.54) is 12.1 Å². The maximum atomic E-state index is 13.0. The largest absolute Gasteiger partial charge is 0.325 e. The fourth-order valence-electron chi connectivity index (χ4n) is 2.06. The second-order valence-corrected chi connectivity index (χ2v) is 5.04. The van der Waals surface area contributed by atoms with E-state index in [9.17, 15) is 9.18 Å². The van der Waals surface area contributed by atoms with E-state index in [0.717, 1.165) is 5.56 Å². The summed E-state index contributed by atoms with van der Waals surface area (Å²) in [6.07, 6.45) is 0. The zero-order chi connectivity index (χ0) is 15.9. The molecule has 0 aliphatic rings. The van der Waals surface area contributed by atoms with Gasteiger partial charge in [-0.15, -0.1) is 0 Å². The number of benzene rings is 2. The first kappa shape index (κ1) is 15.7. The summed E-state index contributed by atoms with van der Waals surface area (Å²) >= 11 is 0. The van der Waals surface area contributed by atoms with E-state index < -0.39 is 0 Å². The molecule has 22 heavy (non-hydrogen) atoms. The molecular formula is C17H16FN3O. The third-order valence-electron chi connectivity index (χ3n) is 3.06. The van der Waals surface area contributed by atoms with Crippen molar-refractivity contribution in [2.45, 2.75) is 6.54 Å². The van der Waals surface area contributed by atoms with Crippen molar-refractivity contribution in [3.8, 4) is 6.07 Å². The lowest BCUT2D eigenvalue weighted by Crippen LogP contribution is -2.29. The van der Waals surface area contributed by atoms with Crippen molar-refractivity contribution in [3.63, 3.8) is 0 Å². The Morgan fingerprint density at radius 2 is 2.00 bits per heavy atom. The predicted molar refractivity (Wildman–Crippen MR) is 82.5 cm³/mol. The highest BCUT2D eigenvalue weighted by molar-refractivity contribution is 5.92. The predicted octanol–water partition coefficient (Wildman–Crippen LogP) is 2.77. The Morgan fingerprint density at radius 3 is 2.64 bits per heavy atom. The van der Waals surface area contributed by atoms with Gasteiger partial charge in [-0.25, -0.2) is 4.39 Å². The highest BCUT2D eigenvalue weighted by atomic mass is 19.1. The molecule has 5 heteroatoms. The van der Waals surface area contributed by atoms with Crippen LogP contribution in [0.3, 0.4) is 0 Å². The fourth-order valence-corrected chi connectivity index (χ4v) is 2.06. The Morgan fingerprint density at radius 1 is 1.27 bits per heavy atom. The standard InChI is InChI=1S/C17H16FN3O/c1-21(11-14-7-5-13(10-19)6-8-14)12-17(22)20-16-4-2-3-15(18)9-16/h2-9H,11-12H2,1H3,(H,20,22). The van der Waals surface area contributed by atoms with Crippen molar-refractivity contribution in [3.05, 3.63) is 65.5 Å². The van der Waals surface area contributed by atoms with Crippen LogP contribution in [0.2, 0.25) is 0 Å². The normalized spacial score (nSPS) is 10.3. The summed E-state index contributed by atoms with van der Waals surface area (Å²) in [6, 6.07) is 15.1. The lowest BCUT2D eigenvalue weighted by atomic mass is 10.1. The molecule has 4 nitrogen and oxygen atoms in total. The van der Waals surface area contributed by atoms with E-state index in [-0.39, 0.29) is 18.3 Å². The molecule has 0 bridgehead atoms. The summed E-state index contributed by atoms with van der Waals surface area (Å²) in [6.45, 7) is 0.777. The molecule has 0 unspecified atom stereocenters. The minimum absolute atomic E-state index is 0.191. The first-order valence-corrected chi connectivity index (χ1v) is 6.80. The van der Waals surface area contributed by atoms with Crippen LogP contribution in [0.15, 0.2) is 48.5 Å². The third kappa shape index (κ3) is 4.69. The number of nitrogens with zero attached hydrogens (tertiary/aromatic N) is 2. The molecule has 2 aromatic carbocycles. The number of likely N-dealkylation sites (N-methyl/N-ethyl adjacent to an activating group) is 1. The van der Waals surface area contributed by atoms with Crippen LogP contribution < -0.4 is 5.32 Å². The second-order valence-electron chi connectivity index (χ2n) is 5.04. The van der Waals surface area contributed by atoms with Gasteiger partial charge in [0, 0.05) is 12.2 Å². The van der Waals surface area contributed by atoms with Crippen LogP contribution in [-0.4, -0.2) is 24.4 Å². The Kier molecular flexibility index (Phi) is 5.23. The summed E-state index contributed by atoms with van der Waals surface area (Å²) in [5.41, 5.74) is 2.06. The van der Waals surface area contributed by atoms with E-state index >= 15 is 0 Å². The highest BCUT2D eigenvalue weighted by Crippen LogP contribution is 2.10. The number of nitrogens with one attached hydrogen (secondary N) is 1. The number of nitriles is 1. The molecule has 0 saturated heterocycles. The Hall–Kier alpha value is -2.71. The average Bonchev–Trinajstić information content (AvgIpc) is 2.47. The molecule has 0 spiro atoms. The van der Waals surface area contributed by atoms with Gasteiger partial charge in [0.05, 0.1) is 18.2 Å². The van der Waals surface area contributed by atoms with Gasteiger partial charge in [-0.05, 0) is 42.9 Å². The van der Waals surface area contributed by atoms with Crippen LogP contribution in [0.4, 0.5) is 10.1 Å². The van der Waals surface area contributed by atoms with Gasteiger partial charge in [-0.3, -0.25) is 9.69 Å². The number of hydrogen-bond acceptors (Lipinski definition) is 3. The third-order valence-corrected chi connectivity index (χ3v) is 3.06. The average molecular weight is 297 g/mol. The topological polar surface area (TPSA) is 56.1 Å². The molecule has 2 rings (SSSR count). The smallest absolute Gasteiger partial charge is 0.238 e. The van der Waals surface area contributed by atoms with Crippen LogP contribution in [0.25, 0.3) is 0 Å². The number of halogens is 1. The van der Waals surface area contributed by atoms with Gasteiger partial charge in [0.25, 0.3) is 0 Å². The molecular weight excluding hydrogens is 281 g/mol. The molecule has 0 radical (unpaired) electrons. The van der Waals surface area contributed by atoms with E-state index in [2.05, 4.69) is 11.4 Å². The molecule has 0 aliphatic heterocycles. The summed E-state index contributed by atoms with van der Waals surface area (Å²) in [5, 5.41) is 11.4. The van der Waals surface area contributed by atoms with Crippen molar-refractivity contribution in [1.29, 1.82) is 5.26 Å². The minimum atomic E-state index is -0.385. The van der Waals surface area contributed by atoms with E-state index in [1.54, 1.807) is 24.3 Å². The molecule has 2 aromatic rings. The minimum Gasteiger partial charge on any atom is -0.325 e. The number of rotatable bonds is 5. The Balaban J connectivity index is 1.86. The van der Waals surface area contributed by atoms with Crippen LogP contribution in [-0.2, 0) is 11.3 Å². The lowest BCUT2D eigenvalue weighted by Gasteiger charge is -2.16. The van der Waals surface area contributed by atoms with Gasteiger partial charge < -0.3 is 5.32 Å². The number of amides is 1. The molecule has 0 saturated carbocycles. The van der Waals surface area contributed by atoms with Crippen LogP contribution >= 0.6 is 0 Å². The molecule has 0 atom stereocenters. The molecule has 1 amide bonds. The number of carbonyl (C=O) groups excluding carboxylic acids is 1. The molecule has 1 N–H and O–H groups in total. The maximum Gasteiger partial charge on any atom is 0.238 e. The number of hydrogen-bond donors (Lipinski definition) is 1. The quantitative estimate of drug-likeness (QED) is 0.923. The number of carbonyl (C=O) groups is 1. The first-order chi connectivity index (χ1) is 10.6. The van der Waals surface area contributed by atoms with Gasteiger partial charge in [-0.2, -0.15) is 5.26 Å². The monoisotopic (exact) mass is 297 g/mol. The highest BCUT2D eigenvalue weighted by Gasteiger charge is 2.08. The van der Waals surface area contributed by atoms with Crippen molar-refractivity contribution >= 4 is 11.6 Å². The number of anilines is 1. The maximum absolute atomic E-state index is 13.0. The Labute approximate surface area is 128 Å². The molecule has 0 heterocycles. The van der Waals surface area contributed by atoms with Crippen LogP contribution in [0, 0.1) is 17.1 Å². The summed E-state index contributed by atoms with van der Waals surface area (Å²) in [5.74, 6) is -0.592. The molecule has 0 aliphatic carbocycles. The van der Waals surface area contributed by atoms with Gasteiger partial charge in [0.15, 0.2) is 0 Å². The van der Waals surface area contributed by atoms with Gasteiger partial charge >= 0.3 is 0 Å². The fraction of sp³-hybridized carbons (Fsp3) is 0.176. The van der Waals surface area contributed by atoms with Gasteiger partial charge in [0.2, 0.25) is 5.91 Å². The SMILES string of the molecule is CN(CC(=O)Nc1cccc(F)c1)Cc1ccc(C#N)cc1. The van der Waals surface area contributed by atoms with Crippen molar-refractivity contribution < 1.29 is 9.18 Å². The van der Waals surface area contributed by atoms with Crippen molar-refractivity contribution in [1.82, 2.24) is 4.90 Å². The van der Waals surface area contributed by atoms with Gasteiger partial charge in [-0.1, -0.05) is 18.2 Å². The van der Waals surface area contributed by atoms with E-state index in [0.29, 0.717) is 17.8 Å². The summed E-state index contributed by atoms with van der Waals surface area (Å²) in [4.78, 5) is 13.7. The summed E-state index contributed by atoms with van der Waals surface area (Å²) < 4.78 is 13.0. The van der Waals surface area contributed by atoms with Crippen LogP contribution in [0.5, 0.6) is 0 Å². The van der Waals surface area contributed by atoms with E-state index in [1.807, 2.05) is 24.1 Å². The van der Waals surface area contributed by atoms with Gasteiger partial charge in [0.1, 0.15) is 5.82 Å². The molecule has 0 fully saturated rings. The first-order valence-electron chi connectivity index (χ1n) is 6.80. The van der Waals surface area contributed by atoms with Crippen LogP contribution in [0.1, 0.15) is 11.1 Å². The Bertz CT molecular complexity index is 692. The second kappa shape index (κ2) is 7.34. The summed E-state index contributed by atoms with van der Waals surface area (Å²) in [7, 11) is 1.82. The lowest BCUT2D eigenvalue weighted by molar-refractivity contribution is -0.117. The zero-order valence-electron chi connectivity index (χ0n) is 12.2. The van der Waals surface area contributed by atoms with Crippen molar-refractivity contribution in [2.24, 2.45) is 0 Å². The zero-order valence-corrected chi connectivity index (χ0v) is 12.2. The molecule has 0 aromatic heterocycles.